The molecule has 1 atom stereocenters. The van der Waals surface area contributed by atoms with Crippen LogP contribution in [0.4, 0.5) is 0 Å². The van der Waals surface area contributed by atoms with Crippen molar-refractivity contribution in [1.82, 2.24) is 4.90 Å². The highest BCUT2D eigenvalue weighted by Crippen LogP contribution is 2.11. The van der Waals surface area contributed by atoms with Gasteiger partial charge in [0.05, 0.1) is 0 Å². The second kappa shape index (κ2) is 5.66. The third-order valence-corrected chi connectivity index (χ3v) is 2.30. The molecule has 0 aliphatic carbocycles. The molecule has 14 heavy (non-hydrogen) atoms. The molecule has 2 nitrogen and oxygen atoms in total. The average Bonchev–Trinajstić information content (AvgIpc) is 2.21. The van der Waals surface area contributed by atoms with Gasteiger partial charge in [-0.3, -0.25) is 4.90 Å². The lowest BCUT2D eigenvalue weighted by atomic mass is 10.3. The van der Waals surface area contributed by atoms with Crippen LogP contribution in [0.3, 0.4) is 0 Å². The van der Waals surface area contributed by atoms with E-state index in [0.29, 0.717) is 0 Å². The molecule has 0 bridgehead atoms. The molecular weight excluding hydrogens is 174 g/mol. The number of benzene rings is 1. The van der Waals surface area contributed by atoms with Crippen molar-refractivity contribution in [3.05, 3.63) is 30.3 Å². The first-order chi connectivity index (χ1) is 6.77. The van der Waals surface area contributed by atoms with Crippen LogP contribution in [-0.4, -0.2) is 24.2 Å². The molecule has 0 fully saturated rings. The average molecular weight is 192 g/mol. The molecule has 0 amide bonds. The van der Waals surface area contributed by atoms with Crippen molar-refractivity contribution >= 4 is 0 Å². The maximum absolute atomic E-state index is 5.73. The Hall–Kier alpha value is -1.02. The fourth-order valence-corrected chi connectivity index (χ4v) is 1.45. The van der Waals surface area contributed by atoms with E-state index in [0.717, 1.165) is 18.8 Å². The Morgan fingerprint density at radius 2 is 2.07 bits per heavy atom. The molecule has 1 radical (unpaired) electrons. The Kier molecular flexibility index (Phi) is 4.47. The van der Waals surface area contributed by atoms with E-state index < -0.39 is 0 Å². The van der Waals surface area contributed by atoms with E-state index in [-0.39, 0.29) is 6.23 Å². The molecule has 0 aliphatic rings. The van der Waals surface area contributed by atoms with Gasteiger partial charge >= 0.3 is 0 Å². The van der Waals surface area contributed by atoms with Gasteiger partial charge in [-0.1, -0.05) is 32.0 Å². The number of nitrogens with zero attached hydrogens (tertiary/aromatic N) is 1. The van der Waals surface area contributed by atoms with E-state index in [9.17, 15) is 0 Å². The van der Waals surface area contributed by atoms with E-state index in [1.54, 1.807) is 0 Å². The first kappa shape index (κ1) is 11.1. The number of para-hydroxylation sites is 1. The first-order valence-corrected chi connectivity index (χ1v) is 5.15. The minimum Gasteiger partial charge on any atom is -0.475 e. The van der Waals surface area contributed by atoms with E-state index in [1.165, 1.54) is 0 Å². The van der Waals surface area contributed by atoms with E-state index in [1.807, 2.05) is 24.3 Å². The predicted octanol–water partition coefficient (Wildman–Crippen LogP) is 2.55. The van der Waals surface area contributed by atoms with Crippen LogP contribution in [0.2, 0.25) is 0 Å². The fraction of sp³-hybridized carbons (Fsp3) is 0.500. The molecule has 1 unspecified atom stereocenters. The standard InChI is InChI=1S/C12H18NO/c1-4-13(5-2)11(3)14-12-9-7-6-8-10-12/h6-9,11H,4-5H2,1-3H3. The maximum Gasteiger partial charge on any atom is 0.149 e. The van der Waals surface area contributed by atoms with Gasteiger partial charge in [-0.2, -0.15) is 0 Å². The molecule has 0 heterocycles. The largest absolute Gasteiger partial charge is 0.475 e. The van der Waals surface area contributed by atoms with Crippen LogP contribution in [0.25, 0.3) is 0 Å². The summed E-state index contributed by atoms with van der Waals surface area (Å²) >= 11 is 0. The summed E-state index contributed by atoms with van der Waals surface area (Å²) in [7, 11) is 0. The zero-order valence-corrected chi connectivity index (χ0v) is 9.16. The Balaban J connectivity index is 2.52. The van der Waals surface area contributed by atoms with Crippen LogP contribution in [-0.2, 0) is 0 Å². The molecule has 1 aromatic carbocycles. The van der Waals surface area contributed by atoms with Crippen molar-refractivity contribution in [3.8, 4) is 5.75 Å². The van der Waals surface area contributed by atoms with Gasteiger partial charge in [-0.25, -0.2) is 0 Å². The Labute approximate surface area is 86.5 Å². The number of ether oxygens (including phenoxy) is 1. The molecule has 1 rings (SSSR count). The molecule has 0 spiro atoms. The van der Waals surface area contributed by atoms with Gasteiger partial charge in [0.2, 0.25) is 0 Å². The lowest BCUT2D eigenvalue weighted by molar-refractivity contribution is 0.0478. The van der Waals surface area contributed by atoms with Gasteiger partial charge < -0.3 is 4.74 Å². The molecule has 0 saturated carbocycles. The lowest BCUT2D eigenvalue weighted by Gasteiger charge is -2.26. The summed E-state index contributed by atoms with van der Waals surface area (Å²) in [5, 5.41) is 0. The summed E-state index contributed by atoms with van der Waals surface area (Å²) in [6, 6.07) is 10.7. The highest BCUT2D eigenvalue weighted by molar-refractivity contribution is 5.19. The summed E-state index contributed by atoms with van der Waals surface area (Å²) in [6.07, 6.45) is 0.114. The van der Waals surface area contributed by atoms with Crippen LogP contribution >= 0.6 is 0 Å². The van der Waals surface area contributed by atoms with E-state index in [4.69, 9.17) is 4.74 Å². The third kappa shape index (κ3) is 3.04. The van der Waals surface area contributed by atoms with Gasteiger partial charge in [0.1, 0.15) is 12.0 Å². The van der Waals surface area contributed by atoms with Crippen molar-refractivity contribution in [1.29, 1.82) is 0 Å². The van der Waals surface area contributed by atoms with Gasteiger partial charge in [-0.05, 0) is 26.1 Å². The smallest absolute Gasteiger partial charge is 0.149 e. The van der Waals surface area contributed by atoms with Crippen molar-refractivity contribution in [2.45, 2.75) is 27.0 Å². The van der Waals surface area contributed by atoms with Gasteiger partial charge in [0.15, 0.2) is 0 Å². The molecule has 1 aromatic rings. The minimum atomic E-state index is 0.114. The molecule has 2 heteroatoms. The summed E-state index contributed by atoms with van der Waals surface area (Å²) < 4.78 is 5.73. The lowest BCUT2D eigenvalue weighted by Crippen LogP contribution is -2.36. The second-order valence-corrected chi connectivity index (χ2v) is 3.17. The second-order valence-electron chi connectivity index (χ2n) is 3.17. The van der Waals surface area contributed by atoms with Gasteiger partial charge in [0, 0.05) is 6.07 Å². The highest BCUT2D eigenvalue weighted by atomic mass is 16.5. The van der Waals surface area contributed by atoms with Crippen molar-refractivity contribution in [2.75, 3.05) is 13.1 Å². The molecular formula is C12H18NO. The summed E-state index contributed by atoms with van der Waals surface area (Å²) in [6.45, 7) is 8.35. The number of rotatable bonds is 5. The summed E-state index contributed by atoms with van der Waals surface area (Å²) in [4.78, 5) is 2.25. The zero-order valence-electron chi connectivity index (χ0n) is 9.16. The Bertz CT molecular complexity index is 244. The third-order valence-electron chi connectivity index (χ3n) is 2.30. The quantitative estimate of drug-likeness (QED) is 0.665. The SMILES string of the molecule is CCN(CC)C(C)Oc1[c]cccc1. The Morgan fingerprint density at radius 1 is 1.36 bits per heavy atom. The summed E-state index contributed by atoms with van der Waals surface area (Å²) in [5.74, 6) is 0.812. The van der Waals surface area contributed by atoms with Crippen LogP contribution in [0.5, 0.6) is 5.75 Å². The summed E-state index contributed by atoms with van der Waals surface area (Å²) in [5.41, 5.74) is 0. The maximum atomic E-state index is 5.73. The van der Waals surface area contributed by atoms with Gasteiger partial charge in [-0.15, -0.1) is 0 Å². The zero-order chi connectivity index (χ0) is 10.4. The topological polar surface area (TPSA) is 12.5 Å². The van der Waals surface area contributed by atoms with Crippen molar-refractivity contribution in [2.24, 2.45) is 0 Å². The molecule has 77 valence electrons. The van der Waals surface area contributed by atoms with E-state index >= 15 is 0 Å². The highest BCUT2D eigenvalue weighted by Gasteiger charge is 2.10. The minimum absolute atomic E-state index is 0.114. The van der Waals surface area contributed by atoms with Crippen molar-refractivity contribution in [3.63, 3.8) is 0 Å². The van der Waals surface area contributed by atoms with Crippen LogP contribution < -0.4 is 4.74 Å². The first-order valence-electron chi connectivity index (χ1n) is 5.15. The van der Waals surface area contributed by atoms with Crippen LogP contribution in [0, 0.1) is 6.07 Å². The number of hydrogen-bond acceptors (Lipinski definition) is 2. The van der Waals surface area contributed by atoms with Crippen molar-refractivity contribution < 1.29 is 4.74 Å². The molecule has 0 saturated heterocycles. The normalized spacial score (nSPS) is 12.9. The molecule has 0 N–H and O–H groups in total. The monoisotopic (exact) mass is 192 g/mol. The fourth-order valence-electron chi connectivity index (χ4n) is 1.45. The predicted molar refractivity (Wildman–Crippen MR) is 58.3 cm³/mol. The van der Waals surface area contributed by atoms with Crippen LogP contribution in [0.15, 0.2) is 24.3 Å². The van der Waals surface area contributed by atoms with E-state index in [2.05, 4.69) is 31.7 Å². The van der Waals surface area contributed by atoms with Crippen LogP contribution in [0.1, 0.15) is 20.8 Å². The molecule has 0 aromatic heterocycles. The Morgan fingerprint density at radius 3 is 2.57 bits per heavy atom. The number of hydrogen-bond donors (Lipinski definition) is 0. The molecule has 0 aliphatic heterocycles. The van der Waals surface area contributed by atoms with Gasteiger partial charge in [0.25, 0.3) is 0 Å².